The average Bonchev–Trinajstić information content (AvgIpc) is 2.67. The molecule has 1 atom stereocenters. The Kier molecular flexibility index (Phi) is 8.87. The van der Waals surface area contributed by atoms with Gasteiger partial charge in [-0.3, -0.25) is 9.59 Å². The summed E-state index contributed by atoms with van der Waals surface area (Å²) < 4.78 is 0. The van der Waals surface area contributed by atoms with Gasteiger partial charge in [-0.2, -0.15) is 0 Å². The van der Waals surface area contributed by atoms with Crippen LogP contribution in [0.15, 0.2) is 59.5 Å². The van der Waals surface area contributed by atoms with E-state index in [0.29, 0.717) is 18.0 Å². The van der Waals surface area contributed by atoms with Crippen molar-refractivity contribution in [1.82, 2.24) is 10.2 Å². The van der Waals surface area contributed by atoms with E-state index in [1.165, 1.54) is 11.8 Å². The minimum absolute atomic E-state index is 0.0116. The van der Waals surface area contributed by atoms with Crippen molar-refractivity contribution in [3.05, 3.63) is 65.2 Å². The lowest BCUT2D eigenvalue weighted by Crippen LogP contribution is -2.51. The number of halogens is 1. The molecule has 0 saturated carbocycles. The summed E-state index contributed by atoms with van der Waals surface area (Å²) in [7, 11) is 0. The van der Waals surface area contributed by atoms with E-state index in [9.17, 15) is 9.59 Å². The predicted octanol–water partition coefficient (Wildman–Crippen LogP) is 4.76. The molecule has 2 amide bonds. The summed E-state index contributed by atoms with van der Waals surface area (Å²) in [5.41, 5.74) is 0.832. The molecular formula is C22H27ClN2O2S. The SMILES string of the molecule is CC[C@@H](C(=O)NC(C)C)N(Cc1ccccc1Cl)C(=O)CSc1ccccc1. The first-order valence-electron chi connectivity index (χ1n) is 9.43. The van der Waals surface area contributed by atoms with Crippen molar-refractivity contribution in [1.29, 1.82) is 0 Å². The molecule has 0 bridgehead atoms. The molecule has 150 valence electrons. The number of benzene rings is 2. The summed E-state index contributed by atoms with van der Waals surface area (Å²) >= 11 is 7.78. The molecule has 28 heavy (non-hydrogen) atoms. The molecule has 0 aliphatic rings. The van der Waals surface area contributed by atoms with Crippen molar-refractivity contribution in [2.24, 2.45) is 0 Å². The maximum atomic E-state index is 13.1. The minimum Gasteiger partial charge on any atom is -0.352 e. The number of thioether (sulfide) groups is 1. The predicted molar refractivity (Wildman–Crippen MR) is 117 cm³/mol. The Morgan fingerprint density at radius 3 is 2.32 bits per heavy atom. The van der Waals surface area contributed by atoms with Crippen molar-refractivity contribution in [2.45, 2.75) is 50.7 Å². The van der Waals surface area contributed by atoms with E-state index in [1.54, 1.807) is 11.0 Å². The van der Waals surface area contributed by atoms with Gasteiger partial charge in [0.25, 0.3) is 0 Å². The Morgan fingerprint density at radius 2 is 1.71 bits per heavy atom. The van der Waals surface area contributed by atoms with Crippen molar-refractivity contribution >= 4 is 35.2 Å². The fourth-order valence-electron chi connectivity index (χ4n) is 2.86. The molecule has 0 radical (unpaired) electrons. The normalized spacial score (nSPS) is 11.9. The number of carbonyl (C=O) groups is 2. The van der Waals surface area contributed by atoms with Crippen LogP contribution in [0.2, 0.25) is 5.02 Å². The van der Waals surface area contributed by atoms with Crippen LogP contribution in [0.5, 0.6) is 0 Å². The van der Waals surface area contributed by atoms with Crippen LogP contribution in [0.4, 0.5) is 0 Å². The third-order valence-electron chi connectivity index (χ3n) is 4.22. The number of nitrogens with one attached hydrogen (secondary N) is 1. The van der Waals surface area contributed by atoms with Crippen LogP contribution in [0.1, 0.15) is 32.8 Å². The molecule has 4 nitrogen and oxygen atoms in total. The van der Waals surface area contributed by atoms with Gasteiger partial charge in [-0.05, 0) is 44.0 Å². The Bertz CT molecular complexity index is 783. The first kappa shape index (κ1) is 22.3. The molecule has 2 aromatic rings. The van der Waals surface area contributed by atoms with Gasteiger partial charge in [0.2, 0.25) is 11.8 Å². The molecule has 0 heterocycles. The highest BCUT2D eigenvalue weighted by molar-refractivity contribution is 8.00. The van der Waals surface area contributed by atoms with E-state index in [4.69, 9.17) is 11.6 Å². The van der Waals surface area contributed by atoms with Gasteiger partial charge in [-0.15, -0.1) is 11.8 Å². The summed E-state index contributed by atoms with van der Waals surface area (Å²) in [6, 6.07) is 16.7. The second kappa shape index (κ2) is 11.1. The molecular weight excluding hydrogens is 392 g/mol. The Balaban J connectivity index is 2.22. The quantitative estimate of drug-likeness (QED) is 0.597. The van der Waals surface area contributed by atoms with Crippen LogP contribution in [0.3, 0.4) is 0 Å². The number of carbonyl (C=O) groups excluding carboxylic acids is 2. The smallest absolute Gasteiger partial charge is 0.243 e. The first-order valence-corrected chi connectivity index (χ1v) is 10.8. The maximum absolute atomic E-state index is 13.1. The van der Waals surface area contributed by atoms with Crippen molar-refractivity contribution < 1.29 is 9.59 Å². The zero-order chi connectivity index (χ0) is 20.5. The second-order valence-electron chi connectivity index (χ2n) is 6.80. The van der Waals surface area contributed by atoms with Gasteiger partial charge in [0.05, 0.1) is 5.75 Å². The van der Waals surface area contributed by atoms with Crippen LogP contribution in [0.25, 0.3) is 0 Å². The lowest BCUT2D eigenvalue weighted by molar-refractivity contribution is -0.139. The lowest BCUT2D eigenvalue weighted by atomic mass is 10.1. The molecule has 2 aromatic carbocycles. The standard InChI is InChI=1S/C22H27ClN2O2S/c1-4-20(22(27)24-16(2)3)25(14-17-10-8-9-13-19(17)23)21(26)15-28-18-11-6-5-7-12-18/h5-13,16,20H,4,14-15H2,1-3H3,(H,24,27)/t20-/m0/s1. The average molecular weight is 419 g/mol. The van der Waals surface area contributed by atoms with Gasteiger partial charge in [0.15, 0.2) is 0 Å². The topological polar surface area (TPSA) is 49.4 Å². The van der Waals surface area contributed by atoms with Crippen LogP contribution >= 0.6 is 23.4 Å². The van der Waals surface area contributed by atoms with E-state index in [2.05, 4.69) is 5.32 Å². The summed E-state index contributed by atoms with van der Waals surface area (Å²) in [5.74, 6) is 0.0436. The number of hydrogen-bond acceptors (Lipinski definition) is 3. The number of rotatable bonds is 9. The molecule has 0 fully saturated rings. The van der Waals surface area contributed by atoms with E-state index < -0.39 is 6.04 Å². The largest absolute Gasteiger partial charge is 0.352 e. The van der Waals surface area contributed by atoms with E-state index in [-0.39, 0.29) is 23.6 Å². The van der Waals surface area contributed by atoms with Gasteiger partial charge in [-0.1, -0.05) is 54.9 Å². The summed E-state index contributed by atoms with van der Waals surface area (Å²) in [5, 5.41) is 3.52. The van der Waals surface area contributed by atoms with Gasteiger partial charge in [0.1, 0.15) is 6.04 Å². The highest BCUT2D eigenvalue weighted by Gasteiger charge is 2.29. The van der Waals surface area contributed by atoms with Gasteiger partial charge >= 0.3 is 0 Å². The maximum Gasteiger partial charge on any atom is 0.243 e. The third kappa shape index (κ3) is 6.57. The molecule has 1 N–H and O–H groups in total. The Morgan fingerprint density at radius 1 is 1.07 bits per heavy atom. The van der Waals surface area contributed by atoms with Crippen molar-refractivity contribution in [2.75, 3.05) is 5.75 Å². The molecule has 0 aliphatic carbocycles. The minimum atomic E-state index is -0.539. The van der Waals surface area contributed by atoms with Gasteiger partial charge < -0.3 is 10.2 Å². The fraction of sp³-hybridized carbons (Fsp3) is 0.364. The molecule has 0 unspecified atom stereocenters. The fourth-order valence-corrected chi connectivity index (χ4v) is 3.86. The van der Waals surface area contributed by atoms with Crippen LogP contribution < -0.4 is 5.32 Å². The number of nitrogens with zero attached hydrogens (tertiary/aromatic N) is 1. The molecule has 0 spiro atoms. The summed E-state index contributed by atoms with van der Waals surface area (Å²) in [4.78, 5) is 28.5. The number of hydrogen-bond donors (Lipinski definition) is 1. The summed E-state index contributed by atoms with van der Waals surface area (Å²) in [6.07, 6.45) is 0.532. The second-order valence-corrected chi connectivity index (χ2v) is 8.26. The molecule has 2 rings (SSSR count). The molecule has 0 aliphatic heterocycles. The van der Waals surface area contributed by atoms with E-state index >= 15 is 0 Å². The van der Waals surface area contributed by atoms with Gasteiger partial charge in [0, 0.05) is 22.5 Å². The molecule has 0 aromatic heterocycles. The van der Waals surface area contributed by atoms with E-state index in [0.717, 1.165) is 10.5 Å². The zero-order valence-electron chi connectivity index (χ0n) is 16.5. The third-order valence-corrected chi connectivity index (χ3v) is 5.59. The summed E-state index contributed by atoms with van der Waals surface area (Å²) in [6.45, 7) is 6.05. The monoisotopic (exact) mass is 418 g/mol. The lowest BCUT2D eigenvalue weighted by Gasteiger charge is -2.31. The molecule has 0 saturated heterocycles. The highest BCUT2D eigenvalue weighted by atomic mass is 35.5. The Labute approximate surface area is 176 Å². The van der Waals surface area contributed by atoms with Gasteiger partial charge in [-0.25, -0.2) is 0 Å². The van der Waals surface area contributed by atoms with Crippen LogP contribution in [0, 0.1) is 0 Å². The van der Waals surface area contributed by atoms with E-state index in [1.807, 2.05) is 69.3 Å². The molecule has 6 heteroatoms. The zero-order valence-corrected chi connectivity index (χ0v) is 18.1. The Hall–Kier alpha value is -1.98. The first-order chi connectivity index (χ1) is 13.4. The van der Waals surface area contributed by atoms with Crippen LogP contribution in [-0.2, 0) is 16.1 Å². The van der Waals surface area contributed by atoms with Crippen LogP contribution in [-0.4, -0.2) is 34.6 Å². The highest BCUT2D eigenvalue weighted by Crippen LogP contribution is 2.22. The number of amides is 2. The van der Waals surface area contributed by atoms with Crippen molar-refractivity contribution in [3.8, 4) is 0 Å². The van der Waals surface area contributed by atoms with Crippen molar-refractivity contribution in [3.63, 3.8) is 0 Å².